The Morgan fingerprint density at radius 3 is 2.60 bits per heavy atom. The Balaban J connectivity index is 2.31. The van der Waals surface area contributed by atoms with E-state index in [0.717, 1.165) is 36.0 Å². The highest BCUT2D eigenvalue weighted by atomic mass is 16.2. The van der Waals surface area contributed by atoms with E-state index in [2.05, 4.69) is 25.5 Å². The predicted molar refractivity (Wildman–Crippen MR) is 80.1 cm³/mol. The smallest absolute Gasteiger partial charge is 0.227 e. The largest absolute Gasteiger partial charge is 0.373 e. The van der Waals surface area contributed by atoms with Crippen molar-refractivity contribution in [3.8, 4) is 0 Å². The standard InChI is InChI=1S/C14H23N5O/c1-9-11(15-4)17-10(2)18-12(9)19-7-6-14(3,8-19)13(20)16-5/h6-8H2,1-5H3,(H,16,20)(H,15,17,18). The van der Waals surface area contributed by atoms with E-state index in [1.54, 1.807) is 7.05 Å². The summed E-state index contributed by atoms with van der Waals surface area (Å²) in [4.78, 5) is 23.1. The summed E-state index contributed by atoms with van der Waals surface area (Å²) in [6, 6.07) is 0. The molecule has 20 heavy (non-hydrogen) atoms. The highest BCUT2D eigenvalue weighted by molar-refractivity contribution is 5.83. The van der Waals surface area contributed by atoms with Gasteiger partial charge in [-0.05, 0) is 27.2 Å². The zero-order valence-electron chi connectivity index (χ0n) is 12.9. The van der Waals surface area contributed by atoms with Crippen molar-refractivity contribution in [1.82, 2.24) is 15.3 Å². The number of amides is 1. The Kier molecular flexibility index (Phi) is 3.83. The maximum Gasteiger partial charge on any atom is 0.227 e. The third kappa shape index (κ3) is 2.42. The molecule has 1 atom stereocenters. The number of nitrogens with one attached hydrogen (secondary N) is 2. The van der Waals surface area contributed by atoms with Crippen LogP contribution in [0.15, 0.2) is 0 Å². The lowest BCUT2D eigenvalue weighted by Crippen LogP contribution is -2.39. The zero-order chi connectivity index (χ0) is 14.9. The van der Waals surface area contributed by atoms with Crippen molar-refractivity contribution in [3.63, 3.8) is 0 Å². The lowest BCUT2D eigenvalue weighted by atomic mass is 9.89. The molecular weight excluding hydrogens is 254 g/mol. The molecule has 110 valence electrons. The predicted octanol–water partition coefficient (Wildman–Crippen LogP) is 1.10. The number of nitrogens with zero attached hydrogens (tertiary/aromatic N) is 3. The van der Waals surface area contributed by atoms with Gasteiger partial charge in [0.2, 0.25) is 5.91 Å². The monoisotopic (exact) mass is 277 g/mol. The minimum absolute atomic E-state index is 0.0947. The zero-order valence-corrected chi connectivity index (χ0v) is 12.9. The minimum atomic E-state index is -0.347. The number of hydrogen-bond donors (Lipinski definition) is 2. The van der Waals surface area contributed by atoms with E-state index in [0.29, 0.717) is 6.54 Å². The minimum Gasteiger partial charge on any atom is -0.373 e. The molecule has 6 heteroatoms. The van der Waals surface area contributed by atoms with Gasteiger partial charge in [-0.1, -0.05) is 0 Å². The number of hydrogen-bond acceptors (Lipinski definition) is 5. The number of aromatic nitrogens is 2. The quantitative estimate of drug-likeness (QED) is 0.865. The van der Waals surface area contributed by atoms with Gasteiger partial charge >= 0.3 is 0 Å². The first-order valence-electron chi connectivity index (χ1n) is 6.91. The van der Waals surface area contributed by atoms with Crippen molar-refractivity contribution < 1.29 is 4.79 Å². The fourth-order valence-corrected chi connectivity index (χ4v) is 2.79. The van der Waals surface area contributed by atoms with Crippen molar-refractivity contribution in [2.45, 2.75) is 27.2 Å². The summed E-state index contributed by atoms with van der Waals surface area (Å²) >= 11 is 0. The molecular formula is C14H23N5O. The molecule has 0 saturated carbocycles. The second-order valence-electron chi connectivity index (χ2n) is 5.63. The maximum absolute atomic E-state index is 12.0. The first-order valence-corrected chi connectivity index (χ1v) is 6.91. The highest BCUT2D eigenvalue weighted by Gasteiger charge is 2.40. The van der Waals surface area contributed by atoms with Crippen LogP contribution in [0.2, 0.25) is 0 Å². The van der Waals surface area contributed by atoms with E-state index in [9.17, 15) is 4.79 Å². The molecule has 1 unspecified atom stereocenters. The van der Waals surface area contributed by atoms with Gasteiger partial charge in [0.15, 0.2) is 0 Å². The Morgan fingerprint density at radius 1 is 1.30 bits per heavy atom. The van der Waals surface area contributed by atoms with E-state index in [1.807, 2.05) is 27.8 Å². The van der Waals surface area contributed by atoms with Gasteiger partial charge in [0.1, 0.15) is 17.5 Å². The van der Waals surface area contributed by atoms with Crippen LogP contribution >= 0.6 is 0 Å². The molecule has 1 aromatic rings. The third-order valence-corrected chi connectivity index (χ3v) is 4.02. The number of aryl methyl sites for hydroxylation is 1. The number of carbonyl (C=O) groups excluding carboxylic acids is 1. The molecule has 2 heterocycles. The highest BCUT2D eigenvalue weighted by Crippen LogP contribution is 2.35. The van der Waals surface area contributed by atoms with Gasteiger partial charge in [-0.25, -0.2) is 9.97 Å². The average Bonchev–Trinajstić information content (AvgIpc) is 2.83. The van der Waals surface area contributed by atoms with Crippen LogP contribution in [-0.4, -0.2) is 43.1 Å². The van der Waals surface area contributed by atoms with E-state index in [-0.39, 0.29) is 11.3 Å². The summed E-state index contributed by atoms with van der Waals surface area (Å²) in [5.74, 6) is 2.61. The van der Waals surface area contributed by atoms with E-state index in [4.69, 9.17) is 0 Å². The molecule has 0 spiro atoms. The van der Waals surface area contributed by atoms with Crippen LogP contribution in [0.25, 0.3) is 0 Å². The van der Waals surface area contributed by atoms with E-state index < -0.39 is 0 Å². The molecule has 1 aliphatic rings. The van der Waals surface area contributed by atoms with Gasteiger partial charge in [-0.3, -0.25) is 4.79 Å². The van der Waals surface area contributed by atoms with Gasteiger partial charge in [-0.2, -0.15) is 0 Å². The van der Waals surface area contributed by atoms with Gasteiger partial charge in [0.25, 0.3) is 0 Å². The summed E-state index contributed by atoms with van der Waals surface area (Å²) in [6.45, 7) is 7.43. The van der Waals surface area contributed by atoms with Crippen LogP contribution in [0.3, 0.4) is 0 Å². The van der Waals surface area contributed by atoms with Crippen LogP contribution < -0.4 is 15.5 Å². The second kappa shape index (κ2) is 5.26. The first kappa shape index (κ1) is 14.6. The van der Waals surface area contributed by atoms with Gasteiger partial charge in [0.05, 0.1) is 5.41 Å². The summed E-state index contributed by atoms with van der Waals surface area (Å²) in [5, 5.41) is 5.85. The Labute approximate surface area is 120 Å². The second-order valence-corrected chi connectivity index (χ2v) is 5.63. The summed E-state index contributed by atoms with van der Waals surface area (Å²) in [5.41, 5.74) is 0.680. The fraction of sp³-hybridized carbons (Fsp3) is 0.643. The molecule has 1 aromatic heterocycles. The molecule has 0 aliphatic carbocycles. The molecule has 1 fully saturated rings. The molecule has 0 bridgehead atoms. The average molecular weight is 277 g/mol. The molecule has 0 radical (unpaired) electrons. The molecule has 2 N–H and O–H groups in total. The van der Waals surface area contributed by atoms with E-state index in [1.165, 1.54) is 0 Å². The first-order chi connectivity index (χ1) is 9.41. The normalized spacial score (nSPS) is 21.9. The van der Waals surface area contributed by atoms with Crippen LogP contribution in [0.4, 0.5) is 11.6 Å². The van der Waals surface area contributed by atoms with Crippen LogP contribution in [0.1, 0.15) is 24.7 Å². The molecule has 0 aromatic carbocycles. The number of anilines is 2. The number of rotatable bonds is 3. The Bertz CT molecular complexity index is 531. The summed E-state index contributed by atoms with van der Waals surface area (Å²) in [7, 11) is 3.55. The Hall–Kier alpha value is -1.85. The molecule has 1 amide bonds. The molecule has 1 saturated heterocycles. The summed E-state index contributed by atoms with van der Waals surface area (Å²) in [6.07, 6.45) is 0.837. The SMILES string of the molecule is CNC(=O)C1(C)CCN(c2nc(C)nc(NC)c2C)C1. The number of carbonyl (C=O) groups is 1. The lowest BCUT2D eigenvalue weighted by molar-refractivity contribution is -0.128. The fourth-order valence-electron chi connectivity index (χ4n) is 2.79. The Morgan fingerprint density at radius 2 is 2.00 bits per heavy atom. The van der Waals surface area contributed by atoms with Crippen LogP contribution in [0, 0.1) is 19.3 Å². The summed E-state index contributed by atoms with van der Waals surface area (Å²) < 4.78 is 0. The molecule has 2 rings (SSSR count). The van der Waals surface area contributed by atoms with Crippen molar-refractivity contribution in [2.75, 3.05) is 37.4 Å². The van der Waals surface area contributed by atoms with Crippen molar-refractivity contribution >= 4 is 17.5 Å². The lowest BCUT2D eigenvalue weighted by Gasteiger charge is -2.25. The van der Waals surface area contributed by atoms with Crippen LogP contribution in [-0.2, 0) is 4.79 Å². The van der Waals surface area contributed by atoms with Crippen molar-refractivity contribution in [1.29, 1.82) is 0 Å². The molecule has 1 aliphatic heterocycles. The molecule has 6 nitrogen and oxygen atoms in total. The topological polar surface area (TPSA) is 70.2 Å². The van der Waals surface area contributed by atoms with Crippen LogP contribution in [0.5, 0.6) is 0 Å². The van der Waals surface area contributed by atoms with E-state index >= 15 is 0 Å². The maximum atomic E-state index is 12.0. The third-order valence-electron chi connectivity index (χ3n) is 4.02. The van der Waals surface area contributed by atoms with Gasteiger partial charge in [-0.15, -0.1) is 0 Å². The van der Waals surface area contributed by atoms with Gasteiger partial charge < -0.3 is 15.5 Å². The van der Waals surface area contributed by atoms with Crippen molar-refractivity contribution in [3.05, 3.63) is 11.4 Å². The van der Waals surface area contributed by atoms with Crippen molar-refractivity contribution in [2.24, 2.45) is 5.41 Å². The van der Waals surface area contributed by atoms with Gasteiger partial charge in [0, 0.05) is 32.7 Å².